The fourth-order valence-electron chi connectivity index (χ4n) is 1.59. The summed E-state index contributed by atoms with van der Waals surface area (Å²) in [5, 5.41) is 0. The van der Waals surface area contributed by atoms with Crippen LogP contribution in [0.15, 0.2) is 22.7 Å². The quantitative estimate of drug-likeness (QED) is 0.871. The number of hydrogen-bond donors (Lipinski definition) is 1. The minimum absolute atomic E-state index is 0.0524. The van der Waals surface area contributed by atoms with E-state index in [2.05, 4.69) is 21.7 Å². The number of quaternary nitrogens is 1. The Labute approximate surface area is 115 Å². The van der Waals surface area contributed by atoms with Gasteiger partial charge in [0.15, 0.2) is 0 Å². The van der Waals surface area contributed by atoms with Crippen LogP contribution in [0, 0.1) is 5.82 Å². The van der Waals surface area contributed by atoms with E-state index in [1.54, 1.807) is 32.9 Å². The van der Waals surface area contributed by atoms with Gasteiger partial charge in [-0.3, -0.25) is 4.79 Å². The monoisotopic (exact) mass is 318 g/mol. The van der Waals surface area contributed by atoms with E-state index in [4.69, 9.17) is 4.74 Å². The Morgan fingerprint density at radius 1 is 1.50 bits per heavy atom. The van der Waals surface area contributed by atoms with Crippen LogP contribution in [0.25, 0.3) is 0 Å². The molecule has 3 nitrogen and oxygen atoms in total. The largest absolute Gasteiger partial charge is 0.460 e. The number of carbonyl (C=O) groups is 1. The van der Waals surface area contributed by atoms with Gasteiger partial charge in [0.2, 0.25) is 0 Å². The molecular formula is C13H18BrFNO2+. The highest BCUT2D eigenvalue weighted by atomic mass is 79.9. The minimum Gasteiger partial charge on any atom is -0.460 e. The Balaban J connectivity index is 2.77. The van der Waals surface area contributed by atoms with Crippen LogP contribution in [0.2, 0.25) is 0 Å². The molecule has 0 aliphatic carbocycles. The molecule has 5 heteroatoms. The molecule has 1 aromatic rings. The topological polar surface area (TPSA) is 53.9 Å². The van der Waals surface area contributed by atoms with Crippen LogP contribution in [0.5, 0.6) is 0 Å². The van der Waals surface area contributed by atoms with Gasteiger partial charge in [-0.15, -0.1) is 0 Å². The van der Waals surface area contributed by atoms with Gasteiger partial charge in [-0.25, -0.2) is 4.39 Å². The molecule has 100 valence electrons. The Kier molecular flexibility index (Phi) is 4.87. The van der Waals surface area contributed by atoms with Crippen LogP contribution in [0.1, 0.15) is 38.8 Å². The number of rotatable bonds is 3. The summed E-state index contributed by atoms with van der Waals surface area (Å²) < 4.78 is 19.5. The second kappa shape index (κ2) is 5.80. The SMILES string of the molecule is CC(C)(C)OC(=O)C[C@@H]([NH3+])c1c(F)cccc1Br. The van der Waals surface area contributed by atoms with Crippen LogP contribution < -0.4 is 5.73 Å². The fraction of sp³-hybridized carbons (Fsp3) is 0.462. The molecule has 1 atom stereocenters. The summed E-state index contributed by atoms with van der Waals surface area (Å²) >= 11 is 3.27. The highest BCUT2D eigenvalue weighted by molar-refractivity contribution is 9.10. The van der Waals surface area contributed by atoms with Gasteiger partial charge >= 0.3 is 5.97 Å². The van der Waals surface area contributed by atoms with Crippen LogP contribution >= 0.6 is 15.9 Å². The van der Waals surface area contributed by atoms with Crippen molar-refractivity contribution in [1.29, 1.82) is 0 Å². The normalized spacial score (nSPS) is 13.2. The summed E-state index contributed by atoms with van der Waals surface area (Å²) in [6.45, 7) is 5.38. The first-order valence-corrected chi connectivity index (χ1v) is 6.49. The highest BCUT2D eigenvalue weighted by Crippen LogP contribution is 2.26. The number of halogens is 2. The third-order valence-electron chi connectivity index (χ3n) is 2.24. The molecule has 0 fully saturated rings. The molecule has 0 saturated carbocycles. The Morgan fingerprint density at radius 3 is 2.61 bits per heavy atom. The molecule has 0 aromatic heterocycles. The minimum atomic E-state index is -0.538. The molecule has 0 spiro atoms. The standard InChI is InChI=1S/C13H17BrFNO2/c1-13(2,3)18-11(17)7-10(16)12-8(14)5-4-6-9(12)15/h4-6,10H,7,16H2,1-3H3/p+1/t10-/m1/s1. The molecule has 0 heterocycles. The summed E-state index contributed by atoms with van der Waals surface area (Å²) in [4.78, 5) is 11.7. The number of benzene rings is 1. The van der Waals surface area contributed by atoms with Crippen molar-refractivity contribution >= 4 is 21.9 Å². The molecule has 0 unspecified atom stereocenters. The van der Waals surface area contributed by atoms with Crippen molar-refractivity contribution in [2.24, 2.45) is 0 Å². The molecule has 1 aromatic carbocycles. The first kappa shape index (κ1) is 15.1. The zero-order valence-corrected chi connectivity index (χ0v) is 12.4. The lowest BCUT2D eigenvalue weighted by atomic mass is 10.0. The van der Waals surface area contributed by atoms with Crippen LogP contribution in [-0.4, -0.2) is 11.6 Å². The molecule has 0 bridgehead atoms. The molecule has 0 aliphatic heterocycles. The van der Waals surface area contributed by atoms with E-state index in [-0.39, 0.29) is 18.2 Å². The highest BCUT2D eigenvalue weighted by Gasteiger charge is 2.24. The summed E-state index contributed by atoms with van der Waals surface area (Å²) in [7, 11) is 0. The smallest absolute Gasteiger partial charge is 0.312 e. The molecule has 18 heavy (non-hydrogen) atoms. The molecule has 1 rings (SSSR count). The maximum atomic E-state index is 13.7. The van der Waals surface area contributed by atoms with Gasteiger partial charge in [0, 0.05) is 4.47 Å². The first-order chi connectivity index (χ1) is 8.20. The van der Waals surface area contributed by atoms with E-state index >= 15 is 0 Å². The van der Waals surface area contributed by atoms with E-state index in [0.717, 1.165) is 0 Å². The van der Waals surface area contributed by atoms with Gasteiger partial charge in [-0.2, -0.15) is 0 Å². The number of ether oxygens (including phenoxy) is 1. The van der Waals surface area contributed by atoms with Gasteiger partial charge in [-0.05, 0) is 32.9 Å². The average Bonchev–Trinajstić information content (AvgIpc) is 2.13. The molecule has 0 aliphatic rings. The second-order valence-electron chi connectivity index (χ2n) is 5.12. The lowest BCUT2D eigenvalue weighted by Crippen LogP contribution is -2.55. The van der Waals surface area contributed by atoms with Crippen molar-refractivity contribution < 1.29 is 19.7 Å². The summed E-state index contributed by atoms with van der Waals surface area (Å²) in [5.41, 5.74) is 3.70. The zero-order valence-electron chi connectivity index (χ0n) is 10.8. The number of hydrogen-bond acceptors (Lipinski definition) is 2. The molecule has 3 N–H and O–H groups in total. The predicted octanol–water partition coefficient (Wildman–Crippen LogP) is 2.60. The molecular weight excluding hydrogens is 301 g/mol. The lowest BCUT2D eigenvalue weighted by molar-refractivity contribution is -0.426. The van der Waals surface area contributed by atoms with E-state index in [1.165, 1.54) is 6.07 Å². The van der Waals surface area contributed by atoms with Gasteiger partial charge in [-0.1, -0.05) is 22.0 Å². The van der Waals surface area contributed by atoms with Crippen molar-refractivity contribution in [2.75, 3.05) is 0 Å². The summed E-state index contributed by atoms with van der Waals surface area (Å²) in [6, 6.07) is 4.21. The molecule has 0 radical (unpaired) electrons. The maximum Gasteiger partial charge on any atom is 0.312 e. The zero-order chi connectivity index (χ0) is 13.9. The van der Waals surface area contributed by atoms with Gasteiger partial charge in [0.1, 0.15) is 23.9 Å². The number of esters is 1. The molecule has 0 amide bonds. The van der Waals surface area contributed by atoms with E-state index in [0.29, 0.717) is 10.0 Å². The third-order valence-corrected chi connectivity index (χ3v) is 2.93. The Bertz CT molecular complexity index is 423. The van der Waals surface area contributed by atoms with Gasteiger partial charge in [0.25, 0.3) is 0 Å². The maximum absolute atomic E-state index is 13.7. The van der Waals surface area contributed by atoms with Crippen molar-refractivity contribution in [3.8, 4) is 0 Å². The van der Waals surface area contributed by atoms with E-state index < -0.39 is 11.6 Å². The van der Waals surface area contributed by atoms with Crippen molar-refractivity contribution in [3.05, 3.63) is 34.1 Å². The summed E-state index contributed by atoms with van der Waals surface area (Å²) in [5.74, 6) is -0.745. The van der Waals surface area contributed by atoms with E-state index in [1.807, 2.05) is 0 Å². The van der Waals surface area contributed by atoms with Crippen molar-refractivity contribution in [3.63, 3.8) is 0 Å². The van der Waals surface area contributed by atoms with Crippen LogP contribution in [0.4, 0.5) is 4.39 Å². The van der Waals surface area contributed by atoms with Crippen LogP contribution in [0.3, 0.4) is 0 Å². The van der Waals surface area contributed by atoms with Gasteiger partial charge in [0.05, 0.1) is 5.56 Å². The lowest BCUT2D eigenvalue weighted by Gasteiger charge is -2.20. The fourth-order valence-corrected chi connectivity index (χ4v) is 2.25. The Hall–Kier alpha value is -0.940. The van der Waals surface area contributed by atoms with Crippen molar-refractivity contribution in [1.82, 2.24) is 0 Å². The predicted molar refractivity (Wildman–Crippen MR) is 70.2 cm³/mol. The third kappa shape index (κ3) is 4.38. The number of carbonyl (C=O) groups excluding carboxylic acids is 1. The summed E-state index contributed by atoms with van der Waals surface area (Å²) in [6.07, 6.45) is 0.0524. The van der Waals surface area contributed by atoms with Crippen LogP contribution in [-0.2, 0) is 9.53 Å². The second-order valence-corrected chi connectivity index (χ2v) is 5.98. The average molecular weight is 319 g/mol. The Morgan fingerprint density at radius 2 is 2.11 bits per heavy atom. The molecule has 0 saturated heterocycles. The van der Waals surface area contributed by atoms with Crippen molar-refractivity contribution in [2.45, 2.75) is 38.8 Å². The van der Waals surface area contributed by atoms with E-state index in [9.17, 15) is 9.18 Å². The van der Waals surface area contributed by atoms with Gasteiger partial charge < -0.3 is 10.5 Å². The first-order valence-electron chi connectivity index (χ1n) is 5.69.